The average molecular weight is 214 g/mol. The zero-order chi connectivity index (χ0) is 11.4. The van der Waals surface area contributed by atoms with E-state index in [9.17, 15) is 4.79 Å². The van der Waals surface area contributed by atoms with Crippen molar-refractivity contribution in [3.05, 3.63) is 47.1 Å². The van der Waals surface area contributed by atoms with Gasteiger partial charge in [-0.1, -0.05) is 18.2 Å². The molecule has 5 nitrogen and oxygen atoms in total. The standard InChI is InChI=1S/C11H10N4O/c12-7-4-8-15-11(16)14(9-13-15)10-5-2-1-3-6-10/h1-3,5-6,9H,4,8H2. The topological polar surface area (TPSA) is 63.6 Å². The minimum atomic E-state index is -0.221. The molecule has 0 atom stereocenters. The van der Waals surface area contributed by atoms with E-state index in [4.69, 9.17) is 5.26 Å². The number of aryl methyl sites for hydroxylation is 1. The van der Waals surface area contributed by atoms with E-state index < -0.39 is 0 Å². The average Bonchev–Trinajstić information content (AvgIpc) is 2.69. The van der Waals surface area contributed by atoms with Crippen LogP contribution in [0.15, 0.2) is 41.5 Å². The second kappa shape index (κ2) is 4.45. The number of nitriles is 1. The molecule has 1 heterocycles. The molecule has 0 N–H and O–H groups in total. The van der Waals surface area contributed by atoms with Crippen LogP contribution in [0, 0.1) is 11.3 Å². The second-order valence-electron chi connectivity index (χ2n) is 3.25. The van der Waals surface area contributed by atoms with Gasteiger partial charge >= 0.3 is 5.69 Å². The van der Waals surface area contributed by atoms with E-state index in [0.29, 0.717) is 6.54 Å². The van der Waals surface area contributed by atoms with Gasteiger partial charge in [0, 0.05) is 0 Å². The van der Waals surface area contributed by atoms with Gasteiger partial charge in [0.2, 0.25) is 0 Å². The van der Waals surface area contributed by atoms with E-state index in [-0.39, 0.29) is 12.1 Å². The highest BCUT2D eigenvalue weighted by molar-refractivity contribution is 5.30. The van der Waals surface area contributed by atoms with E-state index in [1.54, 1.807) is 0 Å². The summed E-state index contributed by atoms with van der Waals surface area (Å²) < 4.78 is 2.74. The summed E-state index contributed by atoms with van der Waals surface area (Å²) in [4.78, 5) is 11.8. The molecular formula is C11H10N4O. The summed E-state index contributed by atoms with van der Waals surface area (Å²) in [6.07, 6.45) is 1.75. The Kier molecular flexibility index (Phi) is 2.83. The summed E-state index contributed by atoms with van der Waals surface area (Å²) >= 11 is 0. The maximum Gasteiger partial charge on any atom is 0.350 e. The molecule has 2 rings (SSSR count). The molecule has 0 unspecified atom stereocenters. The smallest absolute Gasteiger partial charge is 0.250 e. The Morgan fingerprint density at radius 1 is 1.31 bits per heavy atom. The predicted molar refractivity (Wildman–Crippen MR) is 58.1 cm³/mol. The van der Waals surface area contributed by atoms with Crippen LogP contribution in [0.25, 0.3) is 5.69 Å². The van der Waals surface area contributed by atoms with Crippen LogP contribution in [-0.2, 0) is 6.54 Å². The van der Waals surface area contributed by atoms with Crippen molar-refractivity contribution in [3.63, 3.8) is 0 Å². The first-order valence-electron chi connectivity index (χ1n) is 4.90. The van der Waals surface area contributed by atoms with E-state index in [1.807, 2.05) is 36.4 Å². The Bertz CT molecular complexity index is 562. The number of nitrogens with zero attached hydrogens (tertiary/aromatic N) is 4. The lowest BCUT2D eigenvalue weighted by Crippen LogP contribution is -2.23. The first-order valence-corrected chi connectivity index (χ1v) is 4.90. The van der Waals surface area contributed by atoms with Crippen LogP contribution in [0.5, 0.6) is 0 Å². The molecule has 1 aromatic heterocycles. The fourth-order valence-corrected chi connectivity index (χ4v) is 1.41. The lowest BCUT2D eigenvalue weighted by Gasteiger charge is -1.98. The fraction of sp³-hybridized carbons (Fsp3) is 0.182. The Balaban J connectivity index is 2.35. The molecule has 80 valence electrons. The third-order valence-corrected chi connectivity index (χ3v) is 2.20. The molecule has 0 aliphatic heterocycles. The summed E-state index contributed by atoms with van der Waals surface area (Å²) in [5.74, 6) is 0. The van der Waals surface area contributed by atoms with Gasteiger partial charge in [-0.05, 0) is 12.1 Å². The number of hydrogen-bond donors (Lipinski definition) is 0. The molecule has 0 spiro atoms. The van der Waals surface area contributed by atoms with E-state index in [1.165, 1.54) is 15.6 Å². The fourth-order valence-electron chi connectivity index (χ4n) is 1.41. The Morgan fingerprint density at radius 3 is 2.75 bits per heavy atom. The normalized spacial score (nSPS) is 9.94. The molecule has 0 saturated carbocycles. The van der Waals surface area contributed by atoms with Crippen molar-refractivity contribution in [3.8, 4) is 11.8 Å². The molecule has 16 heavy (non-hydrogen) atoms. The zero-order valence-electron chi connectivity index (χ0n) is 8.58. The molecule has 2 aromatic rings. The van der Waals surface area contributed by atoms with Gasteiger partial charge in [-0.25, -0.2) is 14.0 Å². The molecule has 0 aliphatic rings. The predicted octanol–water partition coefficient (Wildman–Crippen LogP) is 0.948. The van der Waals surface area contributed by atoms with Crippen molar-refractivity contribution >= 4 is 0 Å². The van der Waals surface area contributed by atoms with Crippen LogP contribution in [-0.4, -0.2) is 14.3 Å². The second-order valence-corrected chi connectivity index (χ2v) is 3.25. The highest BCUT2D eigenvalue weighted by Crippen LogP contribution is 2.02. The molecular weight excluding hydrogens is 204 g/mol. The van der Waals surface area contributed by atoms with Crippen molar-refractivity contribution in [2.75, 3.05) is 0 Å². The highest BCUT2D eigenvalue weighted by atomic mass is 16.2. The van der Waals surface area contributed by atoms with Crippen molar-refractivity contribution in [1.29, 1.82) is 5.26 Å². The third kappa shape index (κ3) is 1.86. The van der Waals surface area contributed by atoms with Gasteiger partial charge in [-0.2, -0.15) is 10.4 Å². The Labute approximate surface area is 92.2 Å². The summed E-state index contributed by atoms with van der Waals surface area (Å²) in [6, 6.07) is 11.2. The summed E-state index contributed by atoms with van der Waals surface area (Å²) in [6.45, 7) is 0.329. The van der Waals surface area contributed by atoms with Crippen LogP contribution < -0.4 is 5.69 Å². The van der Waals surface area contributed by atoms with Crippen LogP contribution in [0.1, 0.15) is 6.42 Å². The van der Waals surface area contributed by atoms with Crippen LogP contribution in [0.3, 0.4) is 0 Å². The maximum absolute atomic E-state index is 11.8. The van der Waals surface area contributed by atoms with Crippen LogP contribution in [0.4, 0.5) is 0 Å². The third-order valence-electron chi connectivity index (χ3n) is 2.20. The lowest BCUT2D eigenvalue weighted by atomic mass is 10.3. The van der Waals surface area contributed by atoms with Gasteiger partial charge in [-0.3, -0.25) is 0 Å². The molecule has 0 bridgehead atoms. The SMILES string of the molecule is N#CCCn1ncn(-c2ccccc2)c1=O. The summed E-state index contributed by atoms with van der Waals surface area (Å²) in [7, 11) is 0. The minimum absolute atomic E-state index is 0.221. The highest BCUT2D eigenvalue weighted by Gasteiger charge is 2.05. The van der Waals surface area contributed by atoms with E-state index in [2.05, 4.69) is 5.10 Å². The molecule has 0 aliphatic carbocycles. The van der Waals surface area contributed by atoms with E-state index in [0.717, 1.165) is 5.69 Å². The van der Waals surface area contributed by atoms with E-state index >= 15 is 0 Å². The first kappa shape index (κ1) is 10.2. The first-order chi connectivity index (χ1) is 7.83. The number of benzene rings is 1. The number of rotatable bonds is 3. The zero-order valence-corrected chi connectivity index (χ0v) is 8.58. The van der Waals surface area contributed by atoms with Crippen molar-refractivity contribution in [1.82, 2.24) is 14.3 Å². The summed E-state index contributed by atoms with van der Waals surface area (Å²) in [5.41, 5.74) is 0.553. The molecule has 0 saturated heterocycles. The van der Waals surface area contributed by atoms with Crippen molar-refractivity contribution in [2.45, 2.75) is 13.0 Å². The van der Waals surface area contributed by atoms with Crippen molar-refractivity contribution < 1.29 is 0 Å². The van der Waals surface area contributed by atoms with Gasteiger partial charge in [0.1, 0.15) is 6.33 Å². The van der Waals surface area contributed by atoms with Gasteiger partial charge in [0.05, 0.1) is 24.7 Å². The molecule has 5 heteroatoms. The maximum atomic E-state index is 11.8. The molecule has 1 aromatic carbocycles. The summed E-state index contributed by atoms with van der Waals surface area (Å²) in [5, 5.41) is 12.4. The number of aromatic nitrogens is 3. The number of para-hydroxylation sites is 1. The Morgan fingerprint density at radius 2 is 2.06 bits per heavy atom. The molecule has 0 amide bonds. The van der Waals surface area contributed by atoms with Gasteiger partial charge in [0.15, 0.2) is 0 Å². The molecule has 0 fully saturated rings. The van der Waals surface area contributed by atoms with Crippen molar-refractivity contribution in [2.24, 2.45) is 0 Å². The minimum Gasteiger partial charge on any atom is -0.250 e. The molecule has 0 radical (unpaired) electrons. The van der Waals surface area contributed by atoms with Gasteiger partial charge in [0.25, 0.3) is 0 Å². The largest absolute Gasteiger partial charge is 0.350 e. The monoisotopic (exact) mass is 214 g/mol. The quantitative estimate of drug-likeness (QED) is 0.764. The Hall–Kier alpha value is -2.35. The van der Waals surface area contributed by atoms with Crippen LogP contribution >= 0.6 is 0 Å². The van der Waals surface area contributed by atoms with Gasteiger partial charge in [-0.15, -0.1) is 0 Å². The van der Waals surface area contributed by atoms with Gasteiger partial charge < -0.3 is 0 Å². The lowest BCUT2D eigenvalue weighted by molar-refractivity contribution is 0.600. The van der Waals surface area contributed by atoms with Crippen LogP contribution in [0.2, 0.25) is 0 Å². The number of hydrogen-bond acceptors (Lipinski definition) is 3.